The van der Waals surface area contributed by atoms with Gasteiger partial charge in [-0.3, -0.25) is 0 Å². The van der Waals surface area contributed by atoms with Crippen LogP contribution in [0.15, 0.2) is 192 Å². The van der Waals surface area contributed by atoms with E-state index in [1.165, 1.54) is 10.8 Å². The van der Waals surface area contributed by atoms with Gasteiger partial charge in [0.05, 0.1) is 39.1 Å². The van der Waals surface area contributed by atoms with Gasteiger partial charge in [-0.05, 0) is 48.5 Å². The van der Waals surface area contributed by atoms with Crippen LogP contribution < -0.4 is 0 Å². The van der Waals surface area contributed by atoms with Gasteiger partial charge in [0.15, 0.2) is 5.58 Å². The third-order valence-corrected chi connectivity index (χ3v) is 11.2. The van der Waals surface area contributed by atoms with Crippen LogP contribution in [0.2, 0.25) is 0 Å². The van der Waals surface area contributed by atoms with E-state index in [0.717, 1.165) is 94.4 Å². The SMILES string of the molecule is c1ccc(-c2nnn(-c3ccc4c5ccccc5n(-c5ccccc5-n5c6ccccc6c6ccc7c8ccccc8oc7c65)c4c3)c2-c2ccccc2)cc1. The molecule has 8 aromatic carbocycles. The van der Waals surface area contributed by atoms with E-state index in [2.05, 4.69) is 167 Å². The molecular weight excluding hydrogens is 687 g/mol. The first-order valence-corrected chi connectivity index (χ1v) is 18.9. The molecule has 6 heteroatoms. The number of hydrogen-bond acceptors (Lipinski definition) is 3. The Hall–Kier alpha value is -7.70. The number of nitrogens with zero attached hydrogens (tertiary/aromatic N) is 5. The summed E-state index contributed by atoms with van der Waals surface area (Å²) in [7, 11) is 0. The maximum Gasteiger partial charge on any atom is 0.160 e. The second-order valence-corrected chi connectivity index (χ2v) is 14.3. The van der Waals surface area contributed by atoms with E-state index in [4.69, 9.17) is 14.7 Å². The molecule has 0 aliphatic rings. The van der Waals surface area contributed by atoms with E-state index in [0.29, 0.717) is 0 Å². The van der Waals surface area contributed by atoms with Crippen LogP contribution in [-0.4, -0.2) is 24.1 Å². The number of furan rings is 1. The fourth-order valence-corrected chi connectivity index (χ4v) is 8.78. The molecule has 6 nitrogen and oxygen atoms in total. The molecule has 0 saturated carbocycles. The van der Waals surface area contributed by atoms with Gasteiger partial charge in [0.2, 0.25) is 0 Å². The molecule has 0 atom stereocenters. The molecule has 0 radical (unpaired) electrons. The maximum atomic E-state index is 6.73. The quantitative estimate of drug-likeness (QED) is 0.178. The van der Waals surface area contributed by atoms with Crippen molar-refractivity contribution in [1.29, 1.82) is 0 Å². The van der Waals surface area contributed by atoms with Crippen LogP contribution in [0.1, 0.15) is 0 Å². The Balaban J connectivity index is 1.15. The van der Waals surface area contributed by atoms with Gasteiger partial charge in [-0.25, -0.2) is 4.68 Å². The average Bonchev–Trinajstić information content (AvgIpc) is 4.04. The molecule has 0 unspecified atom stereocenters. The van der Waals surface area contributed by atoms with Crippen molar-refractivity contribution < 1.29 is 4.42 Å². The normalized spacial score (nSPS) is 11.9. The van der Waals surface area contributed by atoms with Crippen molar-refractivity contribution in [1.82, 2.24) is 24.1 Å². The molecule has 0 aliphatic heterocycles. The van der Waals surface area contributed by atoms with E-state index in [-0.39, 0.29) is 0 Å². The Labute approximate surface area is 320 Å². The minimum Gasteiger partial charge on any atom is -0.454 e. The highest BCUT2D eigenvalue weighted by molar-refractivity contribution is 6.21. The molecule has 56 heavy (non-hydrogen) atoms. The van der Waals surface area contributed by atoms with Gasteiger partial charge in [0.1, 0.15) is 17.0 Å². The van der Waals surface area contributed by atoms with Crippen molar-refractivity contribution >= 4 is 65.6 Å². The Morgan fingerprint density at radius 1 is 0.411 bits per heavy atom. The first-order valence-electron chi connectivity index (χ1n) is 18.9. The standard InChI is InChI=1S/C50H31N5O/c1-3-15-32(16-4-1)47-48(33-17-5-2-6-18-33)55(52-51-47)34-27-28-37-35-19-7-10-22-41(35)53(45(37)31-34)43-24-12-13-25-44(43)54-42-23-11-8-20-36(42)39-29-30-40-38-21-9-14-26-46(38)56-50(40)49(39)54/h1-31H. The molecule has 262 valence electrons. The lowest BCUT2D eigenvalue weighted by Gasteiger charge is -2.17. The molecule has 12 aromatic rings. The largest absolute Gasteiger partial charge is 0.454 e. The monoisotopic (exact) mass is 717 g/mol. The maximum absolute atomic E-state index is 6.73. The van der Waals surface area contributed by atoms with Crippen molar-refractivity contribution in [3.05, 3.63) is 188 Å². The zero-order chi connectivity index (χ0) is 36.7. The molecule has 0 N–H and O–H groups in total. The molecule has 4 heterocycles. The van der Waals surface area contributed by atoms with Gasteiger partial charge >= 0.3 is 0 Å². The summed E-state index contributed by atoms with van der Waals surface area (Å²) in [4.78, 5) is 0. The lowest BCUT2D eigenvalue weighted by atomic mass is 10.0. The fourth-order valence-electron chi connectivity index (χ4n) is 8.78. The van der Waals surface area contributed by atoms with Crippen LogP contribution in [0.25, 0.3) is 105 Å². The van der Waals surface area contributed by atoms with Crippen molar-refractivity contribution in [3.8, 4) is 39.6 Å². The summed E-state index contributed by atoms with van der Waals surface area (Å²) in [5, 5.41) is 16.5. The molecule has 4 aromatic heterocycles. The molecule has 0 aliphatic carbocycles. The Bertz CT molecular complexity index is 3480. The van der Waals surface area contributed by atoms with E-state index in [1.54, 1.807) is 0 Å². The van der Waals surface area contributed by atoms with Crippen LogP contribution in [0.5, 0.6) is 0 Å². The third-order valence-electron chi connectivity index (χ3n) is 11.2. The topological polar surface area (TPSA) is 53.7 Å². The van der Waals surface area contributed by atoms with E-state index < -0.39 is 0 Å². The van der Waals surface area contributed by atoms with E-state index in [1.807, 2.05) is 35.0 Å². The summed E-state index contributed by atoms with van der Waals surface area (Å²) in [5.41, 5.74) is 13.0. The highest BCUT2D eigenvalue weighted by atomic mass is 16.3. The average molecular weight is 718 g/mol. The van der Waals surface area contributed by atoms with Crippen molar-refractivity contribution in [2.75, 3.05) is 0 Å². The highest BCUT2D eigenvalue weighted by Gasteiger charge is 2.24. The summed E-state index contributed by atoms with van der Waals surface area (Å²) in [6, 6.07) is 66.2. The van der Waals surface area contributed by atoms with E-state index in [9.17, 15) is 0 Å². The van der Waals surface area contributed by atoms with Crippen molar-refractivity contribution in [3.63, 3.8) is 0 Å². The van der Waals surface area contributed by atoms with Crippen molar-refractivity contribution in [2.45, 2.75) is 0 Å². The Kier molecular flexibility index (Phi) is 6.53. The fraction of sp³-hybridized carbons (Fsp3) is 0. The van der Waals surface area contributed by atoms with Crippen LogP contribution in [-0.2, 0) is 0 Å². The van der Waals surface area contributed by atoms with Gasteiger partial charge < -0.3 is 13.6 Å². The number of hydrogen-bond donors (Lipinski definition) is 0. The number of benzene rings is 8. The van der Waals surface area contributed by atoms with Crippen LogP contribution in [0.4, 0.5) is 0 Å². The van der Waals surface area contributed by atoms with Crippen LogP contribution in [0.3, 0.4) is 0 Å². The first kappa shape index (κ1) is 30.7. The number of para-hydroxylation sites is 5. The van der Waals surface area contributed by atoms with Crippen LogP contribution in [0, 0.1) is 0 Å². The predicted molar refractivity (Wildman–Crippen MR) is 228 cm³/mol. The molecule has 0 fully saturated rings. The van der Waals surface area contributed by atoms with Gasteiger partial charge in [-0.1, -0.05) is 145 Å². The summed E-state index contributed by atoms with van der Waals surface area (Å²) in [6.45, 7) is 0. The van der Waals surface area contributed by atoms with Gasteiger partial charge in [-0.15, -0.1) is 5.10 Å². The Morgan fingerprint density at radius 2 is 0.964 bits per heavy atom. The predicted octanol–water partition coefficient (Wildman–Crippen LogP) is 12.7. The summed E-state index contributed by atoms with van der Waals surface area (Å²) < 4.78 is 13.5. The molecule has 0 amide bonds. The summed E-state index contributed by atoms with van der Waals surface area (Å²) in [5.74, 6) is 0. The van der Waals surface area contributed by atoms with E-state index >= 15 is 0 Å². The van der Waals surface area contributed by atoms with Gasteiger partial charge in [0.25, 0.3) is 0 Å². The van der Waals surface area contributed by atoms with Gasteiger partial charge in [0, 0.05) is 43.4 Å². The van der Waals surface area contributed by atoms with Gasteiger partial charge in [-0.2, -0.15) is 0 Å². The highest BCUT2D eigenvalue weighted by Crippen LogP contribution is 2.43. The molecule has 0 bridgehead atoms. The Morgan fingerprint density at radius 3 is 1.73 bits per heavy atom. The summed E-state index contributed by atoms with van der Waals surface area (Å²) in [6.07, 6.45) is 0. The smallest absolute Gasteiger partial charge is 0.160 e. The number of aromatic nitrogens is 5. The van der Waals surface area contributed by atoms with Crippen molar-refractivity contribution in [2.24, 2.45) is 0 Å². The minimum atomic E-state index is 0.839. The second-order valence-electron chi connectivity index (χ2n) is 14.3. The molecule has 0 saturated heterocycles. The summed E-state index contributed by atoms with van der Waals surface area (Å²) >= 11 is 0. The lowest BCUT2D eigenvalue weighted by Crippen LogP contribution is -2.04. The first-order chi connectivity index (χ1) is 27.8. The number of fused-ring (bicyclic) bond motifs is 10. The third kappa shape index (κ3) is 4.38. The zero-order valence-corrected chi connectivity index (χ0v) is 30.0. The molecule has 12 rings (SSSR count). The zero-order valence-electron chi connectivity index (χ0n) is 30.0. The minimum absolute atomic E-state index is 0.839. The molecule has 0 spiro atoms. The molecular formula is C50H31N5O. The van der Waals surface area contributed by atoms with Crippen LogP contribution >= 0.6 is 0 Å². The second kappa shape index (κ2) is 11.9. The number of rotatable bonds is 5. The lowest BCUT2D eigenvalue weighted by molar-refractivity contribution is 0.671.